The number of hydrogen-bond donors (Lipinski definition) is 1. The predicted octanol–water partition coefficient (Wildman–Crippen LogP) is 2.01. The van der Waals surface area contributed by atoms with Crippen LogP contribution in [-0.2, 0) is 13.0 Å². The monoisotopic (exact) mass is 436 g/mol. The Labute approximate surface area is 151 Å². The lowest BCUT2D eigenvalue weighted by molar-refractivity contribution is 0.373. The molecular weight excluding hydrogens is 415 g/mol. The first-order valence-corrected chi connectivity index (χ1v) is 7.58. The fourth-order valence-corrected chi connectivity index (χ4v) is 2.51. The van der Waals surface area contributed by atoms with E-state index in [9.17, 15) is 0 Å². The second kappa shape index (κ2) is 9.03. The SMILES string of the molecule is CN=C(NCCc1nc(C)no1)N(C)Cc1csc(C)n1.I. The highest BCUT2D eigenvalue weighted by atomic mass is 127. The zero-order chi connectivity index (χ0) is 15.2. The Hall–Kier alpha value is -1.23. The van der Waals surface area contributed by atoms with Gasteiger partial charge in [-0.05, 0) is 13.8 Å². The van der Waals surface area contributed by atoms with Crippen LogP contribution in [0, 0.1) is 13.8 Å². The Kier molecular flexibility index (Phi) is 7.73. The van der Waals surface area contributed by atoms with E-state index in [1.54, 1.807) is 18.4 Å². The molecule has 7 nitrogen and oxygen atoms in total. The fourth-order valence-electron chi connectivity index (χ4n) is 1.91. The lowest BCUT2D eigenvalue weighted by Crippen LogP contribution is -2.39. The Morgan fingerprint density at radius 3 is 2.73 bits per heavy atom. The van der Waals surface area contributed by atoms with Crippen LogP contribution in [0.2, 0.25) is 0 Å². The van der Waals surface area contributed by atoms with E-state index in [-0.39, 0.29) is 24.0 Å². The van der Waals surface area contributed by atoms with Crippen LogP contribution in [-0.4, -0.2) is 46.6 Å². The molecule has 1 N–H and O–H groups in total. The van der Waals surface area contributed by atoms with E-state index in [0.29, 0.717) is 24.7 Å². The van der Waals surface area contributed by atoms with Crippen molar-refractivity contribution in [1.82, 2.24) is 25.3 Å². The summed E-state index contributed by atoms with van der Waals surface area (Å²) in [7, 11) is 3.75. The molecule has 0 amide bonds. The highest BCUT2D eigenvalue weighted by Crippen LogP contribution is 2.09. The van der Waals surface area contributed by atoms with Gasteiger partial charge in [-0.2, -0.15) is 4.98 Å². The van der Waals surface area contributed by atoms with E-state index in [1.807, 2.05) is 25.8 Å². The molecule has 0 aliphatic rings. The molecule has 0 bridgehead atoms. The number of guanidine groups is 1. The molecule has 0 saturated heterocycles. The van der Waals surface area contributed by atoms with Crippen LogP contribution in [0.25, 0.3) is 0 Å². The van der Waals surface area contributed by atoms with E-state index in [1.165, 1.54) is 0 Å². The van der Waals surface area contributed by atoms with E-state index >= 15 is 0 Å². The first-order chi connectivity index (χ1) is 10.1. The average molecular weight is 436 g/mol. The van der Waals surface area contributed by atoms with Crippen molar-refractivity contribution in [3.8, 4) is 0 Å². The van der Waals surface area contributed by atoms with Crippen LogP contribution < -0.4 is 5.32 Å². The molecule has 0 aromatic carbocycles. The van der Waals surface area contributed by atoms with E-state index in [0.717, 1.165) is 23.2 Å². The molecule has 0 aliphatic carbocycles. The summed E-state index contributed by atoms with van der Waals surface area (Å²) in [4.78, 5) is 14.9. The molecule has 22 heavy (non-hydrogen) atoms. The Balaban J connectivity index is 0.00000242. The highest BCUT2D eigenvalue weighted by Gasteiger charge is 2.09. The van der Waals surface area contributed by atoms with Crippen molar-refractivity contribution in [2.24, 2.45) is 4.99 Å². The molecular formula is C13H21IN6OS. The zero-order valence-corrected chi connectivity index (χ0v) is 16.3. The van der Waals surface area contributed by atoms with Gasteiger partial charge in [-0.1, -0.05) is 5.16 Å². The molecule has 0 unspecified atom stereocenters. The number of nitrogens with one attached hydrogen (secondary N) is 1. The van der Waals surface area contributed by atoms with Crippen molar-refractivity contribution in [3.05, 3.63) is 27.8 Å². The van der Waals surface area contributed by atoms with Crippen molar-refractivity contribution in [3.63, 3.8) is 0 Å². The molecule has 0 atom stereocenters. The first kappa shape index (κ1) is 18.8. The molecule has 0 saturated carbocycles. The summed E-state index contributed by atoms with van der Waals surface area (Å²) >= 11 is 1.66. The van der Waals surface area contributed by atoms with Crippen LogP contribution in [0.4, 0.5) is 0 Å². The number of hydrogen-bond acceptors (Lipinski definition) is 6. The Morgan fingerprint density at radius 1 is 1.41 bits per heavy atom. The number of rotatable bonds is 5. The summed E-state index contributed by atoms with van der Waals surface area (Å²) in [6.45, 7) is 5.23. The third-order valence-electron chi connectivity index (χ3n) is 2.83. The van der Waals surface area contributed by atoms with Gasteiger partial charge in [0.25, 0.3) is 0 Å². The van der Waals surface area contributed by atoms with Gasteiger partial charge >= 0.3 is 0 Å². The normalized spacial score (nSPS) is 11.2. The van der Waals surface area contributed by atoms with Crippen molar-refractivity contribution in [2.45, 2.75) is 26.8 Å². The topological polar surface area (TPSA) is 79.4 Å². The number of aromatic nitrogens is 3. The second-order valence-corrected chi connectivity index (χ2v) is 5.74. The molecule has 2 heterocycles. The molecule has 0 spiro atoms. The molecule has 2 aromatic rings. The van der Waals surface area contributed by atoms with Crippen molar-refractivity contribution in [1.29, 1.82) is 0 Å². The van der Waals surface area contributed by atoms with E-state index < -0.39 is 0 Å². The predicted molar refractivity (Wildman–Crippen MR) is 97.8 cm³/mol. The summed E-state index contributed by atoms with van der Waals surface area (Å²) in [5.41, 5.74) is 1.05. The lowest BCUT2D eigenvalue weighted by Gasteiger charge is -2.20. The third-order valence-corrected chi connectivity index (χ3v) is 3.65. The number of halogens is 1. The standard InChI is InChI=1S/C13H20N6OS.HI/c1-9-16-12(20-18-9)5-6-15-13(14-3)19(4)7-11-8-21-10(2)17-11;/h8H,5-7H2,1-4H3,(H,14,15);1H. The maximum Gasteiger partial charge on any atom is 0.228 e. The zero-order valence-electron chi connectivity index (χ0n) is 13.2. The summed E-state index contributed by atoms with van der Waals surface area (Å²) < 4.78 is 5.08. The molecule has 9 heteroatoms. The van der Waals surface area contributed by atoms with Crippen LogP contribution in [0.15, 0.2) is 14.9 Å². The van der Waals surface area contributed by atoms with Crippen LogP contribution in [0.5, 0.6) is 0 Å². The second-order valence-electron chi connectivity index (χ2n) is 4.67. The number of aryl methyl sites for hydroxylation is 2. The van der Waals surface area contributed by atoms with Gasteiger partial charge in [0.05, 0.1) is 17.2 Å². The minimum absolute atomic E-state index is 0. The van der Waals surface area contributed by atoms with Gasteiger partial charge in [0, 0.05) is 32.4 Å². The molecule has 122 valence electrons. The molecule has 0 aliphatic heterocycles. The molecule has 2 rings (SSSR count). The van der Waals surface area contributed by atoms with Gasteiger partial charge < -0.3 is 14.7 Å². The summed E-state index contributed by atoms with van der Waals surface area (Å²) in [6.07, 6.45) is 0.670. The quantitative estimate of drug-likeness (QED) is 0.439. The fraction of sp³-hybridized carbons (Fsp3) is 0.538. The maximum absolute atomic E-state index is 5.08. The third kappa shape index (κ3) is 5.52. The summed E-state index contributed by atoms with van der Waals surface area (Å²) in [5, 5.41) is 10.2. The van der Waals surface area contributed by atoms with Crippen molar-refractivity contribution >= 4 is 41.3 Å². The smallest absolute Gasteiger partial charge is 0.228 e. The Bertz CT molecular complexity index is 611. The minimum atomic E-state index is 0. The number of aliphatic imine (C=N–C) groups is 1. The summed E-state index contributed by atoms with van der Waals surface area (Å²) in [5.74, 6) is 2.11. The van der Waals surface area contributed by atoms with Gasteiger partial charge in [0.1, 0.15) is 0 Å². The summed E-state index contributed by atoms with van der Waals surface area (Å²) in [6, 6.07) is 0. The van der Waals surface area contributed by atoms with Gasteiger partial charge in [-0.3, -0.25) is 4.99 Å². The maximum atomic E-state index is 5.08. The molecule has 2 aromatic heterocycles. The van der Waals surface area contributed by atoms with Gasteiger partial charge in [-0.25, -0.2) is 4.98 Å². The largest absolute Gasteiger partial charge is 0.356 e. The highest BCUT2D eigenvalue weighted by molar-refractivity contribution is 14.0. The Morgan fingerprint density at radius 2 is 2.18 bits per heavy atom. The van der Waals surface area contributed by atoms with Crippen molar-refractivity contribution < 1.29 is 4.52 Å². The number of nitrogens with zero attached hydrogens (tertiary/aromatic N) is 5. The molecule has 0 radical (unpaired) electrons. The van der Waals surface area contributed by atoms with Gasteiger partial charge in [0.15, 0.2) is 11.8 Å². The van der Waals surface area contributed by atoms with Crippen LogP contribution in [0.3, 0.4) is 0 Å². The van der Waals surface area contributed by atoms with Crippen LogP contribution in [0.1, 0.15) is 22.4 Å². The van der Waals surface area contributed by atoms with E-state index in [4.69, 9.17) is 4.52 Å². The first-order valence-electron chi connectivity index (χ1n) is 6.70. The van der Waals surface area contributed by atoms with Crippen LogP contribution >= 0.6 is 35.3 Å². The van der Waals surface area contributed by atoms with Gasteiger partial charge in [0.2, 0.25) is 5.89 Å². The minimum Gasteiger partial charge on any atom is -0.356 e. The average Bonchev–Trinajstić information content (AvgIpc) is 3.03. The lowest BCUT2D eigenvalue weighted by atomic mass is 10.4. The van der Waals surface area contributed by atoms with Crippen molar-refractivity contribution in [2.75, 3.05) is 20.6 Å². The van der Waals surface area contributed by atoms with E-state index in [2.05, 4.69) is 30.8 Å². The molecule has 0 fully saturated rings. The van der Waals surface area contributed by atoms with Gasteiger partial charge in [-0.15, -0.1) is 35.3 Å². The number of thiazole rings is 1.